The van der Waals surface area contributed by atoms with Gasteiger partial charge in [0.05, 0.1) is 17.3 Å². The molecule has 2 rings (SSSR count). The predicted molar refractivity (Wildman–Crippen MR) is 57.4 cm³/mol. The van der Waals surface area contributed by atoms with E-state index < -0.39 is 17.8 Å². The van der Waals surface area contributed by atoms with Gasteiger partial charge >= 0.3 is 6.18 Å². The van der Waals surface area contributed by atoms with Crippen molar-refractivity contribution in [3.05, 3.63) is 46.5 Å². The van der Waals surface area contributed by atoms with Crippen molar-refractivity contribution in [2.24, 2.45) is 5.73 Å². The molecule has 1 aromatic heterocycles. The Morgan fingerprint density at radius 2 is 2.06 bits per heavy atom. The Kier molecular flexibility index (Phi) is 3.12. The van der Waals surface area contributed by atoms with E-state index in [-0.39, 0.29) is 0 Å². The zero-order chi connectivity index (χ0) is 12.5. The summed E-state index contributed by atoms with van der Waals surface area (Å²) in [5.74, 6) is 0. The van der Waals surface area contributed by atoms with Gasteiger partial charge in [-0.15, -0.1) is 5.10 Å². The van der Waals surface area contributed by atoms with E-state index in [4.69, 9.17) is 5.73 Å². The summed E-state index contributed by atoms with van der Waals surface area (Å²) in [5.41, 5.74) is 5.93. The first-order valence-corrected chi connectivity index (χ1v) is 5.52. The second-order valence-electron chi connectivity index (χ2n) is 3.43. The minimum Gasteiger partial charge on any atom is -0.319 e. The van der Waals surface area contributed by atoms with Crippen LogP contribution < -0.4 is 5.73 Å². The average molecular weight is 259 g/mol. The van der Waals surface area contributed by atoms with Gasteiger partial charge in [0.1, 0.15) is 0 Å². The fourth-order valence-corrected chi connectivity index (χ4v) is 1.88. The lowest BCUT2D eigenvalue weighted by Crippen LogP contribution is -2.14. The molecule has 0 spiro atoms. The molecule has 1 unspecified atom stereocenters. The summed E-state index contributed by atoms with van der Waals surface area (Å²) in [5, 5.41) is 5.36. The van der Waals surface area contributed by atoms with E-state index in [9.17, 15) is 13.2 Å². The van der Waals surface area contributed by atoms with E-state index >= 15 is 0 Å². The molecule has 1 atom stereocenters. The van der Waals surface area contributed by atoms with Crippen molar-refractivity contribution in [2.75, 3.05) is 0 Å². The van der Waals surface area contributed by atoms with Crippen LogP contribution in [-0.2, 0) is 6.18 Å². The molecule has 1 heterocycles. The predicted octanol–water partition coefficient (Wildman–Crippen LogP) is 2.61. The monoisotopic (exact) mass is 259 g/mol. The quantitative estimate of drug-likeness (QED) is 0.901. The molecule has 0 amide bonds. The SMILES string of the molecule is NC(c1cccc(C(F)(F)F)c1)c1csnn1. The molecule has 0 aliphatic rings. The van der Waals surface area contributed by atoms with Crippen LogP contribution in [0.1, 0.15) is 22.9 Å². The molecule has 0 saturated heterocycles. The Morgan fingerprint density at radius 1 is 1.29 bits per heavy atom. The maximum absolute atomic E-state index is 12.5. The first kappa shape index (κ1) is 12.0. The minimum absolute atomic E-state index is 0.368. The number of hydrogen-bond acceptors (Lipinski definition) is 4. The highest BCUT2D eigenvalue weighted by Gasteiger charge is 2.30. The van der Waals surface area contributed by atoms with Crippen LogP contribution in [0, 0.1) is 0 Å². The van der Waals surface area contributed by atoms with Gasteiger partial charge in [0, 0.05) is 5.38 Å². The highest BCUT2D eigenvalue weighted by molar-refractivity contribution is 7.03. The molecule has 7 heteroatoms. The van der Waals surface area contributed by atoms with Crippen LogP contribution in [0.5, 0.6) is 0 Å². The zero-order valence-corrected chi connectivity index (χ0v) is 9.29. The summed E-state index contributed by atoms with van der Waals surface area (Å²) in [6, 6.07) is 4.23. The lowest BCUT2D eigenvalue weighted by molar-refractivity contribution is -0.137. The van der Waals surface area contributed by atoms with Crippen molar-refractivity contribution in [2.45, 2.75) is 12.2 Å². The number of nitrogens with zero attached hydrogens (tertiary/aromatic N) is 2. The van der Waals surface area contributed by atoms with Crippen molar-refractivity contribution in [3.8, 4) is 0 Å². The van der Waals surface area contributed by atoms with E-state index in [2.05, 4.69) is 9.59 Å². The Bertz CT molecular complexity index is 496. The standard InChI is InChI=1S/C10H8F3N3S/c11-10(12,13)7-3-1-2-6(4-7)9(14)8-5-17-16-15-8/h1-5,9H,14H2. The molecule has 3 nitrogen and oxygen atoms in total. The van der Waals surface area contributed by atoms with E-state index in [1.54, 1.807) is 11.4 Å². The first-order chi connectivity index (χ1) is 7.98. The van der Waals surface area contributed by atoms with Crippen LogP contribution in [0.3, 0.4) is 0 Å². The number of alkyl halides is 3. The number of rotatable bonds is 2. The Labute approximate surface area is 99.2 Å². The third-order valence-electron chi connectivity index (χ3n) is 2.27. The van der Waals surface area contributed by atoms with Gasteiger partial charge in [0.15, 0.2) is 0 Å². The van der Waals surface area contributed by atoms with Crippen LogP contribution >= 0.6 is 11.5 Å². The van der Waals surface area contributed by atoms with Crippen LogP contribution in [0.2, 0.25) is 0 Å². The zero-order valence-electron chi connectivity index (χ0n) is 8.48. The smallest absolute Gasteiger partial charge is 0.319 e. The summed E-state index contributed by atoms with van der Waals surface area (Å²) in [4.78, 5) is 0. The summed E-state index contributed by atoms with van der Waals surface area (Å²) in [6.07, 6.45) is -4.37. The topological polar surface area (TPSA) is 51.8 Å². The van der Waals surface area contributed by atoms with E-state index in [0.717, 1.165) is 23.7 Å². The molecule has 0 saturated carbocycles. The Balaban J connectivity index is 2.34. The second-order valence-corrected chi connectivity index (χ2v) is 4.04. The van der Waals surface area contributed by atoms with Gasteiger partial charge in [-0.1, -0.05) is 16.6 Å². The van der Waals surface area contributed by atoms with Crippen molar-refractivity contribution in [1.82, 2.24) is 9.59 Å². The highest BCUT2D eigenvalue weighted by Crippen LogP contribution is 2.31. The van der Waals surface area contributed by atoms with Gasteiger partial charge in [-0.2, -0.15) is 13.2 Å². The molecule has 0 fully saturated rings. The molecular weight excluding hydrogens is 251 g/mol. The number of halogens is 3. The lowest BCUT2D eigenvalue weighted by Gasteiger charge is -2.12. The van der Waals surface area contributed by atoms with Crippen LogP contribution in [0.4, 0.5) is 13.2 Å². The largest absolute Gasteiger partial charge is 0.416 e. The minimum atomic E-state index is -4.37. The molecule has 0 radical (unpaired) electrons. The van der Waals surface area contributed by atoms with Gasteiger partial charge in [-0.3, -0.25) is 0 Å². The third kappa shape index (κ3) is 2.62. The van der Waals surface area contributed by atoms with E-state index in [1.807, 2.05) is 0 Å². The number of benzene rings is 1. The van der Waals surface area contributed by atoms with Crippen molar-refractivity contribution in [3.63, 3.8) is 0 Å². The molecule has 2 N–H and O–H groups in total. The molecule has 0 aliphatic heterocycles. The van der Waals surface area contributed by atoms with Gasteiger partial charge in [-0.25, -0.2) is 0 Å². The van der Waals surface area contributed by atoms with Crippen molar-refractivity contribution in [1.29, 1.82) is 0 Å². The summed E-state index contributed by atoms with van der Waals surface area (Å²) >= 11 is 1.11. The van der Waals surface area contributed by atoms with Gasteiger partial charge < -0.3 is 5.73 Å². The number of nitrogens with two attached hydrogens (primary N) is 1. The highest BCUT2D eigenvalue weighted by atomic mass is 32.1. The number of aromatic nitrogens is 2. The molecule has 0 aliphatic carbocycles. The summed E-state index contributed by atoms with van der Waals surface area (Å²) < 4.78 is 41.2. The van der Waals surface area contributed by atoms with Gasteiger partial charge in [0.25, 0.3) is 0 Å². The molecule has 90 valence electrons. The normalized spacial score (nSPS) is 13.6. The first-order valence-electron chi connectivity index (χ1n) is 4.68. The average Bonchev–Trinajstić information content (AvgIpc) is 2.80. The summed E-state index contributed by atoms with van der Waals surface area (Å²) in [6.45, 7) is 0. The third-order valence-corrected chi connectivity index (χ3v) is 2.79. The fourth-order valence-electron chi connectivity index (χ4n) is 1.39. The van der Waals surface area contributed by atoms with Crippen molar-refractivity contribution < 1.29 is 13.2 Å². The van der Waals surface area contributed by atoms with Crippen LogP contribution in [0.25, 0.3) is 0 Å². The van der Waals surface area contributed by atoms with E-state index in [1.165, 1.54) is 6.07 Å². The molecule has 2 aromatic rings. The molecular formula is C10H8F3N3S. The Hall–Kier alpha value is -1.47. The second kappa shape index (κ2) is 4.42. The lowest BCUT2D eigenvalue weighted by atomic mass is 10.0. The maximum Gasteiger partial charge on any atom is 0.416 e. The molecule has 0 bridgehead atoms. The van der Waals surface area contributed by atoms with E-state index in [0.29, 0.717) is 11.3 Å². The van der Waals surface area contributed by atoms with Crippen LogP contribution in [0.15, 0.2) is 29.6 Å². The Morgan fingerprint density at radius 3 is 2.65 bits per heavy atom. The maximum atomic E-state index is 12.5. The summed E-state index contributed by atoms with van der Waals surface area (Å²) in [7, 11) is 0. The van der Waals surface area contributed by atoms with Crippen molar-refractivity contribution >= 4 is 11.5 Å². The van der Waals surface area contributed by atoms with Gasteiger partial charge in [-0.05, 0) is 29.2 Å². The molecule has 1 aromatic carbocycles. The molecule has 17 heavy (non-hydrogen) atoms. The fraction of sp³-hybridized carbons (Fsp3) is 0.200. The number of hydrogen-bond donors (Lipinski definition) is 1. The van der Waals surface area contributed by atoms with Gasteiger partial charge in [0.2, 0.25) is 0 Å². The van der Waals surface area contributed by atoms with Crippen LogP contribution in [-0.4, -0.2) is 9.59 Å².